The lowest BCUT2D eigenvalue weighted by molar-refractivity contribution is -0.385. The lowest BCUT2D eigenvalue weighted by Crippen LogP contribution is -2.32. The van der Waals surface area contributed by atoms with E-state index in [1.54, 1.807) is 24.3 Å². The van der Waals surface area contributed by atoms with Crippen LogP contribution in [0.15, 0.2) is 48.5 Å². The van der Waals surface area contributed by atoms with E-state index in [9.17, 15) is 25.0 Å². The van der Waals surface area contributed by atoms with E-state index in [0.29, 0.717) is 5.69 Å². The number of carbonyl (C=O) groups is 1. The molecule has 2 rings (SSSR count). The Balaban J connectivity index is 1.77. The van der Waals surface area contributed by atoms with Gasteiger partial charge in [-0.15, -0.1) is 0 Å². The number of nitrogens with one attached hydrogen (secondary N) is 2. The molecular weight excluding hydrogens is 344 g/mol. The summed E-state index contributed by atoms with van der Waals surface area (Å²) in [5.74, 6) is -0.460. The van der Waals surface area contributed by atoms with Gasteiger partial charge in [0.25, 0.3) is 11.6 Å². The minimum absolute atomic E-state index is 0.00526. The van der Waals surface area contributed by atoms with E-state index in [1.807, 2.05) is 0 Å². The summed E-state index contributed by atoms with van der Waals surface area (Å²) in [4.78, 5) is 32.4. The van der Waals surface area contributed by atoms with E-state index in [1.165, 1.54) is 24.3 Å². The molecule has 1 amide bonds. The Morgan fingerprint density at radius 2 is 1.54 bits per heavy atom. The first kappa shape index (κ1) is 18.6. The van der Waals surface area contributed by atoms with Crippen molar-refractivity contribution in [1.82, 2.24) is 5.32 Å². The molecular formula is C16H16N4O6. The molecule has 0 spiro atoms. The highest BCUT2D eigenvalue weighted by Crippen LogP contribution is 2.25. The Kier molecular flexibility index (Phi) is 6.43. The van der Waals surface area contributed by atoms with Gasteiger partial charge in [0, 0.05) is 25.2 Å². The van der Waals surface area contributed by atoms with E-state index in [2.05, 4.69) is 10.6 Å². The number of para-hydroxylation sites is 4. The largest absolute Gasteiger partial charge is 0.477 e. The Morgan fingerprint density at radius 3 is 2.23 bits per heavy atom. The van der Waals surface area contributed by atoms with Gasteiger partial charge in [-0.05, 0) is 12.1 Å². The maximum absolute atomic E-state index is 11.7. The molecule has 0 aliphatic heterocycles. The second-order valence-corrected chi connectivity index (χ2v) is 5.06. The molecule has 0 heterocycles. The van der Waals surface area contributed by atoms with Crippen molar-refractivity contribution in [2.24, 2.45) is 0 Å². The Bertz CT molecular complexity index is 811. The van der Waals surface area contributed by atoms with Gasteiger partial charge in [0.15, 0.2) is 12.4 Å². The van der Waals surface area contributed by atoms with Crippen LogP contribution in [-0.4, -0.2) is 35.5 Å². The highest BCUT2D eigenvalue weighted by molar-refractivity contribution is 5.77. The van der Waals surface area contributed by atoms with Crippen molar-refractivity contribution in [3.8, 4) is 5.75 Å². The van der Waals surface area contributed by atoms with Gasteiger partial charge >= 0.3 is 5.69 Å². The zero-order valence-corrected chi connectivity index (χ0v) is 13.6. The van der Waals surface area contributed by atoms with Crippen LogP contribution in [0.3, 0.4) is 0 Å². The van der Waals surface area contributed by atoms with E-state index in [4.69, 9.17) is 4.74 Å². The summed E-state index contributed by atoms with van der Waals surface area (Å²) in [5, 5.41) is 27.2. The number of hydrogen-bond donors (Lipinski definition) is 2. The molecule has 0 aromatic heterocycles. The smallest absolute Gasteiger partial charge is 0.310 e. The summed E-state index contributed by atoms with van der Waals surface area (Å²) in [6.07, 6.45) is 0. The molecule has 0 saturated carbocycles. The fourth-order valence-corrected chi connectivity index (χ4v) is 2.11. The lowest BCUT2D eigenvalue weighted by atomic mass is 10.2. The Hall–Kier alpha value is -3.69. The number of amides is 1. The number of ether oxygens (including phenoxy) is 1. The zero-order chi connectivity index (χ0) is 18.9. The number of hydrogen-bond acceptors (Lipinski definition) is 7. The van der Waals surface area contributed by atoms with Gasteiger partial charge in [-0.1, -0.05) is 24.3 Å². The highest BCUT2D eigenvalue weighted by Gasteiger charge is 2.15. The maximum atomic E-state index is 11.7. The predicted molar refractivity (Wildman–Crippen MR) is 93.2 cm³/mol. The van der Waals surface area contributed by atoms with Crippen LogP contribution >= 0.6 is 0 Å². The van der Waals surface area contributed by atoms with Gasteiger partial charge < -0.3 is 15.4 Å². The second kappa shape index (κ2) is 8.97. The summed E-state index contributed by atoms with van der Waals surface area (Å²) < 4.78 is 5.16. The fourth-order valence-electron chi connectivity index (χ4n) is 2.11. The van der Waals surface area contributed by atoms with E-state index < -0.39 is 15.8 Å². The number of carbonyl (C=O) groups excluding carboxylic acids is 1. The van der Waals surface area contributed by atoms with Crippen LogP contribution in [0.2, 0.25) is 0 Å². The zero-order valence-electron chi connectivity index (χ0n) is 13.6. The van der Waals surface area contributed by atoms with Crippen LogP contribution < -0.4 is 15.4 Å². The fraction of sp³-hybridized carbons (Fsp3) is 0.188. The number of nitrogens with zero attached hydrogens (tertiary/aromatic N) is 2. The molecule has 10 heteroatoms. The molecule has 0 atom stereocenters. The van der Waals surface area contributed by atoms with Crippen molar-refractivity contribution in [2.45, 2.75) is 0 Å². The quantitative estimate of drug-likeness (QED) is 0.397. The van der Waals surface area contributed by atoms with Crippen molar-refractivity contribution in [2.75, 3.05) is 25.0 Å². The van der Waals surface area contributed by atoms with Gasteiger partial charge in [0.05, 0.1) is 9.85 Å². The molecule has 0 bridgehead atoms. The summed E-state index contributed by atoms with van der Waals surface area (Å²) in [7, 11) is 0. The number of nitro groups is 2. The van der Waals surface area contributed by atoms with Gasteiger partial charge in [-0.2, -0.15) is 0 Å². The van der Waals surface area contributed by atoms with Crippen molar-refractivity contribution in [3.63, 3.8) is 0 Å². The molecule has 26 heavy (non-hydrogen) atoms. The van der Waals surface area contributed by atoms with Gasteiger partial charge in [0.2, 0.25) is 0 Å². The molecule has 10 nitrogen and oxygen atoms in total. The molecule has 0 unspecified atom stereocenters. The Labute approximate surface area is 148 Å². The van der Waals surface area contributed by atoms with Crippen LogP contribution in [0, 0.1) is 20.2 Å². The number of benzene rings is 2. The molecule has 0 saturated heterocycles. The van der Waals surface area contributed by atoms with Crippen LogP contribution in [-0.2, 0) is 4.79 Å². The molecule has 2 aromatic rings. The van der Waals surface area contributed by atoms with Crippen molar-refractivity contribution in [3.05, 3.63) is 68.8 Å². The average Bonchev–Trinajstić information content (AvgIpc) is 2.64. The second-order valence-electron chi connectivity index (χ2n) is 5.06. The van der Waals surface area contributed by atoms with Crippen LogP contribution in [0.25, 0.3) is 0 Å². The molecule has 0 aliphatic rings. The van der Waals surface area contributed by atoms with E-state index in [0.717, 1.165) is 0 Å². The third-order valence-corrected chi connectivity index (χ3v) is 3.28. The van der Waals surface area contributed by atoms with Gasteiger partial charge in [-0.25, -0.2) is 0 Å². The normalized spacial score (nSPS) is 10.0. The maximum Gasteiger partial charge on any atom is 0.310 e. The van der Waals surface area contributed by atoms with Crippen molar-refractivity contribution >= 4 is 23.0 Å². The first-order chi connectivity index (χ1) is 12.5. The van der Waals surface area contributed by atoms with Gasteiger partial charge in [-0.3, -0.25) is 25.0 Å². The highest BCUT2D eigenvalue weighted by atomic mass is 16.6. The molecule has 0 aliphatic carbocycles. The van der Waals surface area contributed by atoms with Crippen LogP contribution in [0.1, 0.15) is 0 Å². The molecule has 0 radical (unpaired) electrons. The number of nitro benzene ring substituents is 2. The third-order valence-electron chi connectivity index (χ3n) is 3.28. The van der Waals surface area contributed by atoms with Crippen molar-refractivity contribution in [1.29, 1.82) is 0 Å². The molecule has 2 N–H and O–H groups in total. The minimum Gasteiger partial charge on any atom is -0.477 e. The first-order valence-corrected chi connectivity index (χ1v) is 7.59. The van der Waals surface area contributed by atoms with E-state index >= 15 is 0 Å². The number of rotatable bonds is 9. The average molecular weight is 360 g/mol. The van der Waals surface area contributed by atoms with E-state index in [-0.39, 0.29) is 36.8 Å². The standard InChI is InChI=1S/C16H16N4O6/c21-16(11-26-15-8-4-3-7-14(15)20(24)25)18-10-9-17-12-5-1-2-6-13(12)19(22)23/h1-8,17H,9-11H2,(H,18,21). The number of anilines is 1. The summed E-state index contributed by atoms with van der Waals surface area (Å²) in [6.45, 7) is 0.0868. The lowest BCUT2D eigenvalue weighted by Gasteiger charge is -2.09. The summed E-state index contributed by atoms with van der Waals surface area (Å²) in [5.41, 5.74) is 0.0693. The predicted octanol–water partition coefficient (Wildman–Crippen LogP) is 2.11. The molecule has 2 aromatic carbocycles. The Morgan fingerprint density at radius 1 is 0.923 bits per heavy atom. The molecule has 136 valence electrons. The topological polar surface area (TPSA) is 137 Å². The van der Waals surface area contributed by atoms with Gasteiger partial charge in [0.1, 0.15) is 5.69 Å². The third kappa shape index (κ3) is 5.16. The first-order valence-electron chi connectivity index (χ1n) is 7.59. The van der Waals surface area contributed by atoms with Crippen molar-refractivity contribution < 1.29 is 19.4 Å². The van der Waals surface area contributed by atoms with Crippen LogP contribution in [0.5, 0.6) is 5.75 Å². The summed E-state index contributed by atoms with van der Waals surface area (Å²) >= 11 is 0. The summed E-state index contributed by atoms with van der Waals surface area (Å²) in [6, 6.07) is 11.9. The minimum atomic E-state index is -0.593. The van der Waals surface area contributed by atoms with Crippen LogP contribution in [0.4, 0.5) is 17.1 Å². The monoisotopic (exact) mass is 360 g/mol. The SMILES string of the molecule is O=C(COc1ccccc1[N+](=O)[O-])NCCNc1ccccc1[N+](=O)[O-]. The molecule has 0 fully saturated rings.